The van der Waals surface area contributed by atoms with Gasteiger partial charge in [-0.05, 0) is 55.2 Å². The normalized spacial score (nSPS) is 12.0. The van der Waals surface area contributed by atoms with E-state index in [0.29, 0.717) is 5.56 Å². The molecule has 0 fully saturated rings. The molecule has 2 aromatic rings. The number of anilines is 1. The van der Waals surface area contributed by atoms with Crippen LogP contribution in [0.25, 0.3) is 0 Å². The molecular formula is C18H22N2O. The van der Waals surface area contributed by atoms with E-state index in [4.69, 9.17) is 5.73 Å². The first-order chi connectivity index (χ1) is 10.0. The lowest BCUT2D eigenvalue weighted by molar-refractivity contribution is 0.1000. The fourth-order valence-corrected chi connectivity index (χ4v) is 2.34. The zero-order chi connectivity index (χ0) is 15.4. The molecule has 3 nitrogen and oxygen atoms in total. The second-order valence-electron chi connectivity index (χ2n) is 5.36. The number of benzene rings is 2. The van der Waals surface area contributed by atoms with E-state index >= 15 is 0 Å². The number of aryl methyl sites for hydroxylation is 2. The van der Waals surface area contributed by atoms with Crippen molar-refractivity contribution in [3.63, 3.8) is 0 Å². The van der Waals surface area contributed by atoms with E-state index in [2.05, 4.69) is 43.4 Å². The van der Waals surface area contributed by atoms with Crippen molar-refractivity contribution in [1.82, 2.24) is 0 Å². The van der Waals surface area contributed by atoms with Crippen molar-refractivity contribution in [2.75, 3.05) is 5.32 Å². The number of hydrogen-bond donors (Lipinski definition) is 2. The van der Waals surface area contributed by atoms with E-state index < -0.39 is 5.91 Å². The Bertz CT molecular complexity index is 632. The molecule has 0 bridgehead atoms. The van der Waals surface area contributed by atoms with Crippen LogP contribution in [0, 0.1) is 6.92 Å². The van der Waals surface area contributed by atoms with Gasteiger partial charge in [0.05, 0.1) is 0 Å². The van der Waals surface area contributed by atoms with E-state index in [9.17, 15) is 4.79 Å². The average Bonchev–Trinajstić information content (AvgIpc) is 2.49. The summed E-state index contributed by atoms with van der Waals surface area (Å²) in [5, 5.41) is 3.48. The molecule has 2 rings (SSSR count). The number of carbonyl (C=O) groups is 1. The van der Waals surface area contributed by atoms with Crippen LogP contribution in [0.4, 0.5) is 5.69 Å². The summed E-state index contributed by atoms with van der Waals surface area (Å²) in [4.78, 5) is 11.2. The zero-order valence-corrected chi connectivity index (χ0v) is 12.8. The van der Waals surface area contributed by atoms with Gasteiger partial charge in [-0.15, -0.1) is 0 Å². The lowest BCUT2D eigenvalue weighted by Crippen LogP contribution is -2.12. The van der Waals surface area contributed by atoms with Gasteiger partial charge >= 0.3 is 0 Å². The Labute approximate surface area is 126 Å². The van der Waals surface area contributed by atoms with Gasteiger partial charge in [-0.1, -0.05) is 31.2 Å². The van der Waals surface area contributed by atoms with Crippen molar-refractivity contribution < 1.29 is 4.79 Å². The minimum Gasteiger partial charge on any atom is -0.378 e. The molecule has 0 aliphatic heterocycles. The van der Waals surface area contributed by atoms with Gasteiger partial charge in [-0.25, -0.2) is 0 Å². The lowest BCUT2D eigenvalue weighted by atomic mass is 10.0. The summed E-state index contributed by atoms with van der Waals surface area (Å²) in [7, 11) is 0. The maximum atomic E-state index is 11.2. The third-order valence-corrected chi connectivity index (χ3v) is 3.77. The molecule has 0 aliphatic rings. The maximum absolute atomic E-state index is 11.2. The van der Waals surface area contributed by atoms with Crippen LogP contribution in [0.1, 0.15) is 46.9 Å². The monoisotopic (exact) mass is 282 g/mol. The summed E-state index contributed by atoms with van der Waals surface area (Å²) < 4.78 is 0. The Kier molecular flexibility index (Phi) is 4.63. The molecule has 1 unspecified atom stereocenters. The van der Waals surface area contributed by atoms with E-state index in [-0.39, 0.29) is 6.04 Å². The summed E-state index contributed by atoms with van der Waals surface area (Å²) in [6.07, 6.45) is 1.05. The highest BCUT2D eigenvalue weighted by molar-refractivity contribution is 5.93. The molecule has 1 amide bonds. The van der Waals surface area contributed by atoms with Crippen molar-refractivity contribution in [2.24, 2.45) is 5.73 Å². The van der Waals surface area contributed by atoms with Gasteiger partial charge < -0.3 is 11.1 Å². The Morgan fingerprint density at radius 2 is 1.86 bits per heavy atom. The van der Waals surface area contributed by atoms with E-state index in [1.54, 1.807) is 6.07 Å². The lowest BCUT2D eigenvalue weighted by Gasteiger charge is -2.18. The third-order valence-electron chi connectivity index (χ3n) is 3.77. The maximum Gasteiger partial charge on any atom is 0.248 e. The number of nitrogens with two attached hydrogens (primary N) is 1. The first-order valence-electron chi connectivity index (χ1n) is 7.27. The Hall–Kier alpha value is -2.29. The zero-order valence-electron chi connectivity index (χ0n) is 12.8. The van der Waals surface area contributed by atoms with E-state index in [1.165, 1.54) is 11.1 Å². The minimum absolute atomic E-state index is 0.203. The molecule has 0 aliphatic carbocycles. The quantitative estimate of drug-likeness (QED) is 0.875. The Morgan fingerprint density at radius 1 is 1.19 bits per heavy atom. The van der Waals surface area contributed by atoms with Crippen LogP contribution in [-0.4, -0.2) is 5.91 Å². The van der Waals surface area contributed by atoms with Crippen LogP contribution in [0.5, 0.6) is 0 Å². The van der Waals surface area contributed by atoms with Crippen LogP contribution in [0.15, 0.2) is 42.5 Å². The fraction of sp³-hybridized carbons (Fsp3) is 0.278. The van der Waals surface area contributed by atoms with E-state index in [1.807, 2.05) is 19.1 Å². The molecule has 0 spiro atoms. The van der Waals surface area contributed by atoms with Crippen LogP contribution < -0.4 is 11.1 Å². The predicted octanol–water partition coefficient (Wildman–Crippen LogP) is 3.83. The molecule has 0 heterocycles. The number of hydrogen-bond acceptors (Lipinski definition) is 2. The van der Waals surface area contributed by atoms with Gasteiger partial charge in [0.2, 0.25) is 5.91 Å². The van der Waals surface area contributed by atoms with Crippen molar-refractivity contribution in [3.05, 3.63) is 64.7 Å². The smallest absolute Gasteiger partial charge is 0.248 e. The van der Waals surface area contributed by atoms with Gasteiger partial charge in [0.25, 0.3) is 0 Å². The number of nitrogens with one attached hydrogen (secondary N) is 1. The molecule has 0 radical (unpaired) electrons. The topological polar surface area (TPSA) is 55.1 Å². The van der Waals surface area contributed by atoms with Crippen molar-refractivity contribution in [2.45, 2.75) is 33.2 Å². The second kappa shape index (κ2) is 6.44. The molecule has 2 aromatic carbocycles. The molecule has 3 N–H and O–H groups in total. The molecule has 0 aromatic heterocycles. The molecule has 1 atom stereocenters. The second-order valence-corrected chi connectivity index (χ2v) is 5.36. The number of carbonyl (C=O) groups excluding carboxylic acids is 1. The van der Waals surface area contributed by atoms with Crippen LogP contribution in [-0.2, 0) is 6.42 Å². The average molecular weight is 282 g/mol. The van der Waals surface area contributed by atoms with Gasteiger partial charge in [-0.3, -0.25) is 4.79 Å². The van der Waals surface area contributed by atoms with Gasteiger partial charge in [-0.2, -0.15) is 0 Å². The third kappa shape index (κ3) is 3.63. The highest BCUT2D eigenvalue weighted by atomic mass is 16.1. The number of primary amides is 1. The van der Waals surface area contributed by atoms with Gasteiger partial charge in [0.1, 0.15) is 0 Å². The highest BCUT2D eigenvalue weighted by Crippen LogP contribution is 2.23. The highest BCUT2D eigenvalue weighted by Gasteiger charge is 2.08. The summed E-state index contributed by atoms with van der Waals surface area (Å²) in [5.74, 6) is -0.396. The van der Waals surface area contributed by atoms with Crippen molar-refractivity contribution in [1.29, 1.82) is 0 Å². The van der Waals surface area contributed by atoms with Crippen LogP contribution >= 0.6 is 0 Å². The van der Waals surface area contributed by atoms with Crippen molar-refractivity contribution >= 4 is 11.6 Å². The van der Waals surface area contributed by atoms with Gasteiger partial charge in [0.15, 0.2) is 0 Å². The molecule has 3 heteroatoms. The molecular weight excluding hydrogens is 260 g/mol. The Morgan fingerprint density at radius 3 is 2.38 bits per heavy atom. The van der Waals surface area contributed by atoms with Crippen molar-refractivity contribution in [3.8, 4) is 0 Å². The first kappa shape index (κ1) is 15.1. The molecule has 0 saturated heterocycles. The summed E-state index contributed by atoms with van der Waals surface area (Å²) >= 11 is 0. The van der Waals surface area contributed by atoms with Crippen LogP contribution in [0.2, 0.25) is 0 Å². The minimum atomic E-state index is -0.396. The predicted molar refractivity (Wildman–Crippen MR) is 87.6 cm³/mol. The summed E-state index contributed by atoms with van der Waals surface area (Å²) in [5.41, 5.74) is 10.5. The first-order valence-corrected chi connectivity index (χ1v) is 7.27. The van der Waals surface area contributed by atoms with Crippen LogP contribution in [0.3, 0.4) is 0 Å². The van der Waals surface area contributed by atoms with E-state index in [0.717, 1.165) is 17.7 Å². The summed E-state index contributed by atoms with van der Waals surface area (Å²) in [6, 6.07) is 14.3. The molecule has 0 saturated carbocycles. The fourth-order valence-electron chi connectivity index (χ4n) is 2.34. The molecule has 21 heavy (non-hydrogen) atoms. The summed E-state index contributed by atoms with van der Waals surface area (Å²) in [6.45, 7) is 6.25. The van der Waals surface area contributed by atoms with Gasteiger partial charge in [0, 0.05) is 17.3 Å². The molecule has 110 valence electrons. The number of rotatable bonds is 5. The number of amides is 1. The standard InChI is InChI=1S/C18H22N2O/c1-4-14-5-7-15(8-6-14)13(3)20-17-10-9-16(18(19)21)11-12(17)2/h5-11,13,20H,4H2,1-3H3,(H2,19,21). The largest absolute Gasteiger partial charge is 0.378 e. The Balaban J connectivity index is 2.14. The SMILES string of the molecule is CCc1ccc(C(C)Nc2ccc(C(N)=O)cc2C)cc1.